The molecule has 0 saturated heterocycles. The molecule has 0 N–H and O–H groups in total. The summed E-state index contributed by atoms with van der Waals surface area (Å²) in [6, 6.07) is 46.0. The first-order valence-electron chi connectivity index (χ1n) is 11.4. The van der Waals surface area contributed by atoms with E-state index in [9.17, 15) is 0 Å². The number of nitrogens with zero attached hydrogens (tertiary/aromatic N) is 1. The maximum atomic E-state index is 2.38. The second-order valence-corrected chi connectivity index (χ2v) is 8.61. The summed E-state index contributed by atoms with van der Waals surface area (Å²) in [5, 5.41) is 7.70. The molecule has 0 spiro atoms. The number of aromatic nitrogens is 1. The summed E-state index contributed by atoms with van der Waals surface area (Å²) in [4.78, 5) is 0. The van der Waals surface area contributed by atoms with Gasteiger partial charge in [0, 0.05) is 16.5 Å². The molecule has 1 heterocycles. The summed E-state index contributed by atoms with van der Waals surface area (Å²) in [6.45, 7) is 0. The van der Waals surface area contributed by atoms with Crippen LogP contribution in [0.3, 0.4) is 0 Å². The molecule has 0 amide bonds. The minimum atomic E-state index is 1.19. The van der Waals surface area contributed by atoms with Crippen molar-refractivity contribution in [3.8, 4) is 16.8 Å². The molecule has 0 saturated carbocycles. The molecule has 6 aromatic carbocycles. The molecule has 1 heteroatoms. The van der Waals surface area contributed by atoms with Crippen LogP contribution in [0.15, 0.2) is 127 Å². The highest BCUT2D eigenvalue weighted by atomic mass is 15.0. The summed E-state index contributed by atoms with van der Waals surface area (Å²) in [7, 11) is 0. The van der Waals surface area contributed by atoms with Gasteiger partial charge in [-0.2, -0.15) is 0 Å². The van der Waals surface area contributed by atoms with E-state index in [4.69, 9.17) is 0 Å². The van der Waals surface area contributed by atoms with E-state index in [1.54, 1.807) is 0 Å². The van der Waals surface area contributed by atoms with Crippen molar-refractivity contribution in [2.24, 2.45) is 0 Å². The number of hydrogen-bond acceptors (Lipinski definition) is 0. The third-order valence-corrected chi connectivity index (χ3v) is 6.75. The largest absolute Gasteiger partial charge is 0.309 e. The smallest absolute Gasteiger partial charge is 0.0541 e. The predicted octanol–water partition coefficient (Wildman–Crippen LogP) is 8.76. The number of fused-ring (bicyclic) bond motifs is 5. The Balaban J connectivity index is 1.60. The number of rotatable bonds is 2. The first kappa shape index (κ1) is 18.2. The second-order valence-electron chi connectivity index (χ2n) is 8.61. The summed E-state index contributed by atoms with van der Waals surface area (Å²) in [6.07, 6.45) is 0. The number of hydrogen-bond donors (Lipinski definition) is 0. The Morgan fingerprint density at radius 2 is 0.970 bits per heavy atom. The van der Waals surface area contributed by atoms with Gasteiger partial charge in [-0.1, -0.05) is 91.0 Å². The lowest BCUT2D eigenvalue weighted by Gasteiger charge is -2.13. The van der Waals surface area contributed by atoms with E-state index in [0.717, 1.165) is 0 Å². The summed E-state index contributed by atoms with van der Waals surface area (Å²) >= 11 is 0. The van der Waals surface area contributed by atoms with Gasteiger partial charge in [-0.25, -0.2) is 0 Å². The van der Waals surface area contributed by atoms with Gasteiger partial charge in [0.2, 0.25) is 0 Å². The van der Waals surface area contributed by atoms with Crippen LogP contribution in [-0.4, -0.2) is 4.57 Å². The highest BCUT2D eigenvalue weighted by Crippen LogP contribution is 2.40. The molecule has 154 valence electrons. The van der Waals surface area contributed by atoms with Crippen LogP contribution >= 0.6 is 0 Å². The Bertz CT molecular complexity index is 1750. The Labute approximate surface area is 192 Å². The van der Waals surface area contributed by atoms with Crippen molar-refractivity contribution in [2.45, 2.75) is 0 Å². The van der Waals surface area contributed by atoms with Gasteiger partial charge in [0.15, 0.2) is 0 Å². The third kappa shape index (κ3) is 2.73. The number of benzene rings is 6. The molecule has 7 aromatic rings. The SMILES string of the molecule is c1ccc(-n2c3ccccc3c3cc(-c4c5ccccc5cc5ccccc45)ccc32)cc1. The second kappa shape index (κ2) is 7.08. The first-order valence-corrected chi connectivity index (χ1v) is 11.4. The molecule has 0 atom stereocenters. The van der Waals surface area contributed by atoms with Crippen molar-refractivity contribution in [1.82, 2.24) is 4.57 Å². The quantitative estimate of drug-likeness (QED) is 0.247. The molecule has 0 bridgehead atoms. The molecule has 0 radical (unpaired) electrons. The fraction of sp³-hybridized carbons (Fsp3) is 0. The van der Waals surface area contributed by atoms with Crippen LogP contribution in [0.25, 0.3) is 60.2 Å². The van der Waals surface area contributed by atoms with E-state index in [2.05, 4.69) is 132 Å². The van der Waals surface area contributed by atoms with Crippen LogP contribution in [-0.2, 0) is 0 Å². The monoisotopic (exact) mass is 419 g/mol. The van der Waals surface area contributed by atoms with Gasteiger partial charge in [0.1, 0.15) is 0 Å². The maximum absolute atomic E-state index is 2.38. The lowest BCUT2D eigenvalue weighted by Crippen LogP contribution is -1.93. The molecule has 0 unspecified atom stereocenters. The van der Waals surface area contributed by atoms with Gasteiger partial charge in [0.25, 0.3) is 0 Å². The molecule has 1 nitrogen and oxygen atoms in total. The van der Waals surface area contributed by atoms with Crippen molar-refractivity contribution in [3.63, 3.8) is 0 Å². The molecular formula is C32H21N. The fourth-order valence-corrected chi connectivity index (χ4v) is 5.31. The van der Waals surface area contributed by atoms with Crippen molar-refractivity contribution in [2.75, 3.05) is 0 Å². The van der Waals surface area contributed by atoms with Crippen molar-refractivity contribution >= 4 is 43.4 Å². The lowest BCUT2D eigenvalue weighted by molar-refractivity contribution is 1.18. The Hall–Kier alpha value is -4.36. The van der Waals surface area contributed by atoms with Crippen molar-refractivity contribution < 1.29 is 0 Å². The maximum Gasteiger partial charge on any atom is 0.0541 e. The van der Waals surface area contributed by atoms with Gasteiger partial charge >= 0.3 is 0 Å². The summed E-state index contributed by atoms with van der Waals surface area (Å²) < 4.78 is 2.37. The fourth-order valence-electron chi connectivity index (χ4n) is 5.31. The minimum Gasteiger partial charge on any atom is -0.309 e. The molecule has 7 rings (SSSR count). The van der Waals surface area contributed by atoms with Crippen molar-refractivity contribution in [1.29, 1.82) is 0 Å². The van der Waals surface area contributed by atoms with Crippen LogP contribution in [0.2, 0.25) is 0 Å². The average molecular weight is 420 g/mol. The van der Waals surface area contributed by atoms with Gasteiger partial charge in [-0.05, 0) is 69.1 Å². The van der Waals surface area contributed by atoms with E-state index in [-0.39, 0.29) is 0 Å². The van der Waals surface area contributed by atoms with Crippen LogP contribution in [0.1, 0.15) is 0 Å². The molecular weight excluding hydrogens is 398 g/mol. The predicted molar refractivity (Wildman–Crippen MR) is 141 cm³/mol. The van der Waals surface area contributed by atoms with Crippen LogP contribution in [0, 0.1) is 0 Å². The summed E-state index contributed by atoms with van der Waals surface area (Å²) in [5.41, 5.74) is 6.22. The van der Waals surface area contributed by atoms with E-state index in [1.165, 1.54) is 60.2 Å². The van der Waals surface area contributed by atoms with E-state index >= 15 is 0 Å². The molecule has 1 aromatic heterocycles. The highest BCUT2D eigenvalue weighted by molar-refractivity contribution is 6.16. The molecule has 33 heavy (non-hydrogen) atoms. The van der Waals surface area contributed by atoms with E-state index in [1.807, 2.05) is 0 Å². The van der Waals surface area contributed by atoms with E-state index < -0.39 is 0 Å². The van der Waals surface area contributed by atoms with E-state index in [0.29, 0.717) is 0 Å². The first-order chi connectivity index (χ1) is 16.4. The zero-order chi connectivity index (χ0) is 21.8. The molecule has 0 aliphatic rings. The Morgan fingerprint density at radius 3 is 1.70 bits per heavy atom. The highest BCUT2D eigenvalue weighted by Gasteiger charge is 2.15. The van der Waals surface area contributed by atoms with Crippen LogP contribution < -0.4 is 0 Å². The van der Waals surface area contributed by atoms with Gasteiger partial charge in [-0.3, -0.25) is 0 Å². The van der Waals surface area contributed by atoms with Gasteiger partial charge < -0.3 is 4.57 Å². The van der Waals surface area contributed by atoms with Crippen molar-refractivity contribution in [3.05, 3.63) is 127 Å². The zero-order valence-corrected chi connectivity index (χ0v) is 18.1. The Morgan fingerprint density at radius 1 is 0.394 bits per heavy atom. The average Bonchev–Trinajstić information content (AvgIpc) is 3.21. The normalized spacial score (nSPS) is 11.6. The topological polar surface area (TPSA) is 4.93 Å². The van der Waals surface area contributed by atoms with Gasteiger partial charge in [0.05, 0.1) is 11.0 Å². The number of para-hydroxylation sites is 2. The lowest BCUT2D eigenvalue weighted by atomic mass is 9.91. The zero-order valence-electron chi connectivity index (χ0n) is 18.1. The molecule has 0 aliphatic carbocycles. The van der Waals surface area contributed by atoms with Crippen LogP contribution in [0.5, 0.6) is 0 Å². The third-order valence-electron chi connectivity index (χ3n) is 6.75. The standard InChI is InChI=1S/C32H21N/c1-2-12-25(13-3-1)33-30-17-9-8-16-28(30)29-21-24(18-19-31(29)33)32-26-14-6-4-10-22(26)20-23-11-5-7-15-27(23)32/h1-21H. The van der Waals surface area contributed by atoms with Gasteiger partial charge in [-0.15, -0.1) is 0 Å². The summed E-state index contributed by atoms with van der Waals surface area (Å²) in [5.74, 6) is 0. The molecule has 0 fully saturated rings. The molecule has 0 aliphatic heterocycles. The van der Waals surface area contributed by atoms with Crippen LogP contribution in [0.4, 0.5) is 0 Å². The Kier molecular flexibility index (Phi) is 3.91. The minimum absolute atomic E-state index is 1.19.